The molecule has 1 N–H and O–H groups in total. The van der Waals surface area contributed by atoms with Crippen molar-refractivity contribution >= 4 is 40.6 Å². The molecule has 5 nitrogen and oxygen atoms in total. The van der Waals surface area contributed by atoms with Crippen LogP contribution in [0.1, 0.15) is 22.2 Å². The van der Waals surface area contributed by atoms with Crippen LogP contribution in [0.15, 0.2) is 53.1 Å². The number of carbonyl (C=O) groups is 1. The van der Waals surface area contributed by atoms with Crippen LogP contribution >= 0.6 is 34.7 Å². The van der Waals surface area contributed by atoms with E-state index in [1.807, 2.05) is 43.3 Å². The van der Waals surface area contributed by atoms with Crippen molar-refractivity contribution < 1.29 is 4.79 Å². The normalized spacial score (nSPS) is 11.9. The van der Waals surface area contributed by atoms with E-state index in [1.165, 1.54) is 23.1 Å². The summed E-state index contributed by atoms with van der Waals surface area (Å²) in [6.45, 7) is 1.89. The molecule has 1 aromatic carbocycles. The number of rotatable bonds is 6. The van der Waals surface area contributed by atoms with Crippen LogP contribution in [0.5, 0.6) is 0 Å². The first-order valence-electron chi connectivity index (χ1n) is 7.49. The van der Waals surface area contributed by atoms with E-state index in [0.717, 1.165) is 20.5 Å². The molecule has 1 atom stereocenters. The van der Waals surface area contributed by atoms with Gasteiger partial charge in [-0.3, -0.25) is 9.78 Å². The molecule has 1 amide bonds. The molecule has 25 heavy (non-hydrogen) atoms. The quantitative estimate of drug-likeness (QED) is 0.646. The Morgan fingerprint density at radius 3 is 2.68 bits per heavy atom. The van der Waals surface area contributed by atoms with E-state index in [9.17, 15) is 4.79 Å². The predicted molar refractivity (Wildman–Crippen MR) is 101 cm³/mol. The number of thioether (sulfide) groups is 1. The van der Waals surface area contributed by atoms with E-state index < -0.39 is 0 Å². The number of benzene rings is 1. The van der Waals surface area contributed by atoms with Crippen molar-refractivity contribution in [3.8, 4) is 0 Å². The Kier molecular flexibility index (Phi) is 6.01. The number of aryl methyl sites for hydroxylation is 1. The Labute approximate surface area is 158 Å². The van der Waals surface area contributed by atoms with E-state index in [4.69, 9.17) is 11.6 Å². The second-order valence-electron chi connectivity index (χ2n) is 5.21. The number of hydrogen-bond donors (Lipinski definition) is 1. The first kappa shape index (κ1) is 17.8. The highest BCUT2D eigenvalue weighted by Gasteiger charge is 2.17. The minimum Gasteiger partial charge on any atom is -0.344 e. The van der Waals surface area contributed by atoms with Gasteiger partial charge in [-0.05, 0) is 36.2 Å². The standard InChI is InChI=1S/C17H15ClN4OS2/c1-11-21-22-17(25-11)24-10-15(23)20-16(13-3-2-8-19-9-13)12-4-6-14(18)7-5-12/h2-9,16H,10H2,1H3,(H,20,23)/t16-/m1/s1. The first-order valence-corrected chi connectivity index (χ1v) is 9.67. The van der Waals surface area contributed by atoms with Gasteiger partial charge in [0.25, 0.3) is 0 Å². The van der Waals surface area contributed by atoms with E-state index in [2.05, 4.69) is 20.5 Å². The van der Waals surface area contributed by atoms with Crippen LogP contribution in [0, 0.1) is 6.92 Å². The van der Waals surface area contributed by atoms with Gasteiger partial charge in [-0.25, -0.2) is 0 Å². The van der Waals surface area contributed by atoms with Crippen molar-refractivity contribution in [2.45, 2.75) is 17.3 Å². The molecule has 0 bridgehead atoms. The Balaban J connectivity index is 1.73. The van der Waals surface area contributed by atoms with Crippen molar-refractivity contribution in [2.75, 3.05) is 5.75 Å². The fourth-order valence-electron chi connectivity index (χ4n) is 2.23. The second kappa shape index (κ2) is 8.42. The van der Waals surface area contributed by atoms with Crippen LogP contribution < -0.4 is 5.32 Å². The lowest BCUT2D eigenvalue weighted by molar-refractivity contribution is -0.119. The minimum atomic E-state index is -0.282. The summed E-state index contributed by atoms with van der Waals surface area (Å²) in [4.78, 5) is 16.6. The molecule has 0 spiro atoms. The number of amides is 1. The molecular weight excluding hydrogens is 376 g/mol. The lowest BCUT2D eigenvalue weighted by Crippen LogP contribution is -2.30. The molecule has 8 heteroatoms. The lowest BCUT2D eigenvalue weighted by Gasteiger charge is -2.19. The highest BCUT2D eigenvalue weighted by atomic mass is 35.5. The van der Waals surface area contributed by atoms with Gasteiger partial charge in [0.2, 0.25) is 5.91 Å². The summed E-state index contributed by atoms with van der Waals surface area (Å²) >= 11 is 8.83. The highest BCUT2D eigenvalue weighted by molar-refractivity contribution is 8.01. The number of hydrogen-bond acceptors (Lipinski definition) is 6. The van der Waals surface area contributed by atoms with Gasteiger partial charge in [-0.1, -0.05) is 52.9 Å². The summed E-state index contributed by atoms with van der Waals surface area (Å²) in [6.07, 6.45) is 3.46. The van der Waals surface area contributed by atoms with E-state index >= 15 is 0 Å². The maximum Gasteiger partial charge on any atom is 0.231 e. The van der Waals surface area contributed by atoms with Crippen molar-refractivity contribution in [3.05, 3.63) is 69.9 Å². The van der Waals surface area contributed by atoms with Crippen LogP contribution in [-0.2, 0) is 4.79 Å². The fourth-order valence-corrected chi connectivity index (χ4v) is 3.98. The lowest BCUT2D eigenvalue weighted by atomic mass is 10.0. The van der Waals surface area contributed by atoms with Crippen molar-refractivity contribution in [3.63, 3.8) is 0 Å². The number of aromatic nitrogens is 3. The number of nitrogens with zero attached hydrogens (tertiary/aromatic N) is 3. The molecule has 0 aliphatic heterocycles. The molecular formula is C17H15ClN4OS2. The summed E-state index contributed by atoms with van der Waals surface area (Å²) < 4.78 is 0.789. The Morgan fingerprint density at radius 1 is 1.24 bits per heavy atom. The average molecular weight is 391 g/mol. The van der Waals surface area contributed by atoms with Gasteiger partial charge in [0.1, 0.15) is 5.01 Å². The van der Waals surface area contributed by atoms with Gasteiger partial charge < -0.3 is 5.32 Å². The summed E-state index contributed by atoms with van der Waals surface area (Å²) in [6, 6.07) is 10.9. The minimum absolute atomic E-state index is 0.0818. The largest absolute Gasteiger partial charge is 0.344 e. The summed E-state index contributed by atoms with van der Waals surface area (Å²) in [5.41, 5.74) is 1.86. The Morgan fingerprint density at radius 2 is 2.04 bits per heavy atom. The SMILES string of the molecule is Cc1nnc(SCC(=O)N[C@H](c2ccc(Cl)cc2)c2cccnc2)s1. The molecule has 0 saturated carbocycles. The average Bonchev–Trinajstić information content (AvgIpc) is 3.05. The van der Waals surface area contributed by atoms with Crippen molar-refractivity contribution in [2.24, 2.45) is 0 Å². The van der Waals surface area contributed by atoms with Gasteiger partial charge >= 0.3 is 0 Å². The third kappa shape index (κ3) is 5.01. The zero-order chi connectivity index (χ0) is 17.6. The highest BCUT2D eigenvalue weighted by Crippen LogP contribution is 2.25. The molecule has 0 aliphatic carbocycles. The van der Waals surface area contributed by atoms with E-state index in [1.54, 1.807) is 12.4 Å². The number of carbonyl (C=O) groups excluding carboxylic acids is 1. The smallest absolute Gasteiger partial charge is 0.231 e. The number of pyridine rings is 1. The summed E-state index contributed by atoms with van der Waals surface area (Å²) in [7, 11) is 0. The molecule has 0 saturated heterocycles. The second-order valence-corrected chi connectivity index (χ2v) is 8.05. The van der Waals surface area contributed by atoms with Crippen LogP contribution in [0.2, 0.25) is 5.02 Å². The summed E-state index contributed by atoms with van der Waals surface area (Å²) in [5.74, 6) is 0.195. The monoisotopic (exact) mass is 390 g/mol. The van der Waals surface area contributed by atoms with Crippen LogP contribution in [0.3, 0.4) is 0 Å². The molecule has 128 valence electrons. The zero-order valence-corrected chi connectivity index (χ0v) is 15.7. The maximum absolute atomic E-state index is 12.4. The molecule has 0 fully saturated rings. The van der Waals surface area contributed by atoms with Crippen molar-refractivity contribution in [1.82, 2.24) is 20.5 Å². The Bertz CT molecular complexity index is 839. The van der Waals surface area contributed by atoms with Gasteiger partial charge in [0.05, 0.1) is 11.8 Å². The molecule has 0 radical (unpaired) electrons. The van der Waals surface area contributed by atoms with Crippen LogP contribution in [0.25, 0.3) is 0 Å². The fraction of sp³-hybridized carbons (Fsp3) is 0.176. The van der Waals surface area contributed by atoms with Gasteiger partial charge in [0, 0.05) is 17.4 Å². The third-order valence-corrected chi connectivity index (χ3v) is 5.58. The number of halogens is 1. The molecule has 2 aromatic heterocycles. The molecule has 0 unspecified atom stereocenters. The van der Waals surface area contributed by atoms with E-state index in [0.29, 0.717) is 5.02 Å². The molecule has 0 aliphatic rings. The number of nitrogens with one attached hydrogen (secondary N) is 1. The summed E-state index contributed by atoms with van der Waals surface area (Å²) in [5, 5.41) is 12.6. The maximum atomic E-state index is 12.4. The van der Waals surface area contributed by atoms with Gasteiger partial charge in [-0.15, -0.1) is 10.2 Å². The topological polar surface area (TPSA) is 67.8 Å². The van der Waals surface area contributed by atoms with Gasteiger partial charge in [0.15, 0.2) is 4.34 Å². The zero-order valence-electron chi connectivity index (χ0n) is 13.3. The molecule has 3 rings (SSSR count). The van der Waals surface area contributed by atoms with Crippen LogP contribution in [-0.4, -0.2) is 26.8 Å². The predicted octanol–water partition coefficient (Wildman–Crippen LogP) is 3.89. The Hall–Kier alpha value is -1.96. The van der Waals surface area contributed by atoms with Gasteiger partial charge in [-0.2, -0.15) is 0 Å². The molecule has 2 heterocycles. The first-order chi connectivity index (χ1) is 12.1. The van der Waals surface area contributed by atoms with Crippen LogP contribution in [0.4, 0.5) is 0 Å². The van der Waals surface area contributed by atoms with E-state index in [-0.39, 0.29) is 17.7 Å². The molecule has 3 aromatic rings. The van der Waals surface area contributed by atoms with Crippen molar-refractivity contribution in [1.29, 1.82) is 0 Å². The third-order valence-electron chi connectivity index (χ3n) is 3.36.